The first-order valence-electron chi connectivity index (χ1n) is 5.49. The number of ether oxygens (including phenoxy) is 1. The van der Waals surface area contributed by atoms with Crippen LogP contribution in [0.5, 0.6) is 0 Å². The van der Waals surface area contributed by atoms with Gasteiger partial charge in [-0.3, -0.25) is 4.79 Å². The lowest BCUT2D eigenvalue weighted by molar-refractivity contribution is -0.164. The summed E-state index contributed by atoms with van der Waals surface area (Å²) in [4.78, 5) is 24.6. The maximum Gasteiger partial charge on any atom is 0.332 e. The molecule has 1 rings (SSSR count). The van der Waals surface area contributed by atoms with Crippen molar-refractivity contribution in [1.82, 2.24) is 4.90 Å². The minimum absolute atomic E-state index is 0.155. The number of aliphatic carboxylic acids is 1. The van der Waals surface area contributed by atoms with Gasteiger partial charge in [0.1, 0.15) is 0 Å². The van der Waals surface area contributed by atoms with E-state index in [0.29, 0.717) is 13.0 Å². The van der Waals surface area contributed by atoms with E-state index in [1.54, 1.807) is 6.92 Å². The summed E-state index contributed by atoms with van der Waals surface area (Å²) in [5.74, 6) is -1.21. The molecule has 92 valence electrons. The largest absolute Gasteiger partial charge is 0.479 e. The molecule has 5 nitrogen and oxygen atoms in total. The summed E-state index contributed by atoms with van der Waals surface area (Å²) in [7, 11) is 0. The predicted octanol–water partition coefficient (Wildman–Crippen LogP) is 0.875. The first kappa shape index (κ1) is 13.0. The Morgan fingerprint density at radius 1 is 1.50 bits per heavy atom. The summed E-state index contributed by atoms with van der Waals surface area (Å²) < 4.78 is 5.34. The van der Waals surface area contributed by atoms with Gasteiger partial charge in [-0.05, 0) is 20.8 Å². The molecule has 0 aromatic heterocycles. The van der Waals surface area contributed by atoms with Gasteiger partial charge < -0.3 is 14.7 Å². The molecule has 2 unspecified atom stereocenters. The van der Waals surface area contributed by atoms with Gasteiger partial charge in [-0.25, -0.2) is 4.79 Å². The van der Waals surface area contributed by atoms with Gasteiger partial charge in [0.25, 0.3) is 0 Å². The van der Waals surface area contributed by atoms with Gasteiger partial charge in [-0.15, -0.1) is 0 Å². The maximum atomic E-state index is 11.6. The van der Waals surface area contributed by atoms with Crippen LogP contribution in [0.2, 0.25) is 0 Å². The molecule has 0 aromatic rings. The molecule has 1 fully saturated rings. The van der Waals surface area contributed by atoms with Crippen molar-refractivity contribution in [2.24, 2.45) is 0 Å². The highest BCUT2D eigenvalue weighted by Crippen LogP contribution is 2.34. The molecule has 1 aliphatic heterocycles. The number of carboxylic acids is 1. The van der Waals surface area contributed by atoms with E-state index in [2.05, 4.69) is 0 Å². The molecule has 0 aromatic carbocycles. The summed E-state index contributed by atoms with van der Waals surface area (Å²) in [6.07, 6.45) is -0.127. The van der Waals surface area contributed by atoms with Crippen LogP contribution in [-0.4, -0.2) is 46.2 Å². The van der Waals surface area contributed by atoms with Crippen molar-refractivity contribution in [2.45, 2.75) is 51.8 Å². The summed E-state index contributed by atoms with van der Waals surface area (Å²) in [6.45, 7) is 7.12. The van der Waals surface area contributed by atoms with Crippen molar-refractivity contribution in [3.8, 4) is 0 Å². The fraction of sp³-hybridized carbons (Fsp3) is 0.818. The fourth-order valence-corrected chi connectivity index (χ4v) is 2.54. The Kier molecular flexibility index (Phi) is 3.57. The third-order valence-electron chi connectivity index (χ3n) is 3.18. The van der Waals surface area contributed by atoms with Crippen molar-refractivity contribution < 1.29 is 19.4 Å². The topological polar surface area (TPSA) is 66.8 Å². The average molecular weight is 229 g/mol. The van der Waals surface area contributed by atoms with Gasteiger partial charge >= 0.3 is 5.97 Å². The number of carbonyl (C=O) groups excluding carboxylic acids is 1. The van der Waals surface area contributed by atoms with Gasteiger partial charge in [0.15, 0.2) is 5.54 Å². The molecule has 1 heterocycles. The molecule has 0 radical (unpaired) electrons. The van der Waals surface area contributed by atoms with E-state index in [9.17, 15) is 14.7 Å². The lowest BCUT2D eigenvalue weighted by Gasteiger charge is -2.41. The zero-order valence-electron chi connectivity index (χ0n) is 10.2. The van der Waals surface area contributed by atoms with Gasteiger partial charge in [0.05, 0.1) is 6.10 Å². The standard InChI is InChI=1S/C11H19NO4/c1-7(2)12(9(4)13)11(10(14)15)5-6-16-8(11)3/h7-8H,5-6H2,1-4H3,(H,14,15). The number of carbonyl (C=O) groups is 2. The quantitative estimate of drug-likeness (QED) is 0.780. The van der Waals surface area contributed by atoms with Crippen LogP contribution in [0.25, 0.3) is 0 Å². The highest BCUT2D eigenvalue weighted by molar-refractivity contribution is 5.87. The van der Waals surface area contributed by atoms with Gasteiger partial charge in [-0.1, -0.05) is 0 Å². The van der Waals surface area contributed by atoms with E-state index >= 15 is 0 Å². The third kappa shape index (κ3) is 1.80. The van der Waals surface area contributed by atoms with Crippen LogP contribution in [0.15, 0.2) is 0 Å². The zero-order valence-corrected chi connectivity index (χ0v) is 10.2. The lowest BCUT2D eigenvalue weighted by Crippen LogP contribution is -2.62. The predicted molar refractivity (Wildman–Crippen MR) is 58.1 cm³/mol. The highest BCUT2D eigenvalue weighted by atomic mass is 16.5. The Hall–Kier alpha value is -1.10. The Morgan fingerprint density at radius 3 is 2.31 bits per heavy atom. The van der Waals surface area contributed by atoms with E-state index in [1.807, 2.05) is 13.8 Å². The molecule has 1 aliphatic rings. The van der Waals surface area contributed by atoms with E-state index in [4.69, 9.17) is 4.74 Å². The smallest absolute Gasteiger partial charge is 0.332 e. The van der Waals surface area contributed by atoms with Crippen LogP contribution in [-0.2, 0) is 14.3 Å². The summed E-state index contributed by atoms with van der Waals surface area (Å²) in [5, 5.41) is 9.43. The van der Waals surface area contributed by atoms with Crippen LogP contribution in [0.4, 0.5) is 0 Å². The van der Waals surface area contributed by atoms with E-state index < -0.39 is 17.6 Å². The van der Waals surface area contributed by atoms with E-state index in [-0.39, 0.29) is 11.9 Å². The second-order valence-corrected chi connectivity index (χ2v) is 4.48. The molecule has 1 amide bonds. The molecule has 2 atom stereocenters. The third-order valence-corrected chi connectivity index (χ3v) is 3.18. The number of hydrogen-bond acceptors (Lipinski definition) is 3. The van der Waals surface area contributed by atoms with Crippen LogP contribution < -0.4 is 0 Å². The fourth-order valence-electron chi connectivity index (χ4n) is 2.54. The number of hydrogen-bond donors (Lipinski definition) is 1. The first-order valence-corrected chi connectivity index (χ1v) is 5.49. The number of carboxylic acid groups (broad SMARTS) is 1. The van der Waals surface area contributed by atoms with Crippen molar-refractivity contribution in [2.75, 3.05) is 6.61 Å². The molecule has 1 N–H and O–H groups in total. The second-order valence-electron chi connectivity index (χ2n) is 4.48. The molecule has 16 heavy (non-hydrogen) atoms. The minimum atomic E-state index is -1.21. The molecule has 5 heteroatoms. The monoisotopic (exact) mass is 229 g/mol. The average Bonchev–Trinajstić information content (AvgIpc) is 2.47. The van der Waals surface area contributed by atoms with Crippen molar-refractivity contribution in [3.05, 3.63) is 0 Å². The molecule has 1 saturated heterocycles. The van der Waals surface area contributed by atoms with E-state index in [0.717, 1.165) is 0 Å². The Bertz CT molecular complexity index is 302. The van der Waals surface area contributed by atoms with Crippen LogP contribution in [0, 0.1) is 0 Å². The van der Waals surface area contributed by atoms with Gasteiger partial charge in [0, 0.05) is 26.0 Å². The first-order chi connectivity index (χ1) is 7.34. The van der Waals surface area contributed by atoms with Crippen molar-refractivity contribution >= 4 is 11.9 Å². The minimum Gasteiger partial charge on any atom is -0.479 e. The Morgan fingerprint density at radius 2 is 2.06 bits per heavy atom. The SMILES string of the molecule is CC(=O)N(C(C)C)C1(C(=O)O)CCOC1C. The maximum absolute atomic E-state index is 11.6. The van der Waals surface area contributed by atoms with Gasteiger partial charge in [-0.2, -0.15) is 0 Å². The van der Waals surface area contributed by atoms with Crippen LogP contribution >= 0.6 is 0 Å². The van der Waals surface area contributed by atoms with E-state index in [1.165, 1.54) is 11.8 Å². The molecular weight excluding hydrogens is 210 g/mol. The summed E-state index contributed by atoms with van der Waals surface area (Å²) >= 11 is 0. The summed E-state index contributed by atoms with van der Waals surface area (Å²) in [5.41, 5.74) is -1.21. The molecule has 0 saturated carbocycles. The van der Waals surface area contributed by atoms with Crippen molar-refractivity contribution in [1.29, 1.82) is 0 Å². The number of amides is 1. The van der Waals surface area contributed by atoms with Crippen LogP contribution in [0.1, 0.15) is 34.1 Å². The molecule has 0 bridgehead atoms. The summed E-state index contributed by atoms with van der Waals surface area (Å²) in [6, 6.07) is -0.155. The molecule has 0 spiro atoms. The lowest BCUT2D eigenvalue weighted by atomic mass is 9.88. The van der Waals surface area contributed by atoms with Crippen molar-refractivity contribution in [3.63, 3.8) is 0 Å². The second kappa shape index (κ2) is 4.41. The number of rotatable bonds is 3. The Labute approximate surface area is 95.4 Å². The zero-order chi connectivity index (χ0) is 12.5. The van der Waals surface area contributed by atoms with Gasteiger partial charge in [0.2, 0.25) is 5.91 Å². The molecular formula is C11H19NO4. The van der Waals surface area contributed by atoms with Crippen LogP contribution in [0.3, 0.4) is 0 Å². The highest BCUT2D eigenvalue weighted by Gasteiger charge is 2.54. The normalized spacial score (nSPS) is 29.4. The number of nitrogens with zero attached hydrogens (tertiary/aromatic N) is 1. The Balaban J connectivity index is 3.19. The molecule has 0 aliphatic carbocycles.